The number of pyridine rings is 1. The molecule has 0 saturated heterocycles. The van der Waals surface area contributed by atoms with Gasteiger partial charge in [0.05, 0.1) is 11.6 Å². The van der Waals surface area contributed by atoms with Gasteiger partial charge in [-0.2, -0.15) is 0 Å². The molecule has 0 bridgehead atoms. The summed E-state index contributed by atoms with van der Waals surface area (Å²) in [6.45, 7) is 6.56. The maximum Gasteiger partial charge on any atom is 0.160 e. The molecule has 6 heteroatoms. The van der Waals surface area contributed by atoms with Crippen LogP contribution in [0.3, 0.4) is 0 Å². The molecule has 0 unspecified atom stereocenters. The summed E-state index contributed by atoms with van der Waals surface area (Å²) in [6, 6.07) is 1.83. The van der Waals surface area contributed by atoms with Crippen LogP contribution in [0.15, 0.2) is 12.3 Å². The molecule has 0 radical (unpaired) electrons. The number of hydrogen-bond donors (Lipinski definition) is 0. The van der Waals surface area contributed by atoms with Crippen LogP contribution in [0.5, 0.6) is 0 Å². The van der Waals surface area contributed by atoms with Gasteiger partial charge in [0.15, 0.2) is 5.65 Å². The Morgan fingerprint density at radius 1 is 1.33 bits per heavy atom. The normalized spacial score (nSPS) is 11.7. The number of fused-ring (bicyclic) bond motifs is 1. The van der Waals surface area contributed by atoms with E-state index in [-0.39, 0.29) is 0 Å². The van der Waals surface area contributed by atoms with Crippen LogP contribution in [-0.2, 0) is 17.7 Å². The number of aryl methyl sites for hydroxylation is 1. The molecule has 0 N–H and O–H groups in total. The first-order valence-corrected chi connectivity index (χ1v) is 8.17. The van der Waals surface area contributed by atoms with Crippen LogP contribution in [0, 0.1) is 5.92 Å². The monoisotopic (exact) mass is 329 g/mol. The van der Waals surface area contributed by atoms with E-state index < -0.39 is 0 Å². The first-order chi connectivity index (χ1) is 10.1. The summed E-state index contributed by atoms with van der Waals surface area (Å²) in [5.41, 5.74) is 1.65. The van der Waals surface area contributed by atoms with Crippen LogP contribution >= 0.6 is 23.2 Å². The van der Waals surface area contributed by atoms with Crippen molar-refractivity contribution in [2.45, 2.75) is 33.2 Å². The second-order valence-electron chi connectivity index (χ2n) is 5.41. The standard InChI is InChI=1S/C15H21Cl2N3O/c1-11(2)4-7-21-8-6-20-14(3-5-16)19-13-9-12(17)10-18-15(13)20/h9-11H,3-8H2,1-2H3. The zero-order valence-electron chi connectivity index (χ0n) is 12.5. The minimum absolute atomic E-state index is 0.533. The second kappa shape index (κ2) is 7.97. The Hall–Kier alpha value is -0.840. The molecule has 0 saturated carbocycles. The molecule has 0 spiro atoms. The van der Waals surface area contributed by atoms with Gasteiger partial charge < -0.3 is 9.30 Å². The molecule has 2 rings (SSSR count). The highest BCUT2D eigenvalue weighted by Crippen LogP contribution is 2.18. The van der Waals surface area contributed by atoms with Crippen LogP contribution in [0.1, 0.15) is 26.1 Å². The van der Waals surface area contributed by atoms with E-state index in [4.69, 9.17) is 27.9 Å². The van der Waals surface area contributed by atoms with E-state index in [0.717, 1.165) is 36.6 Å². The lowest BCUT2D eigenvalue weighted by Gasteiger charge is -2.09. The van der Waals surface area contributed by atoms with Crippen LogP contribution in [0.4, 0.5) is 0 Å². The van der Waals surface area contributed by atoms with Crippen molar-refractivity contribution in [3.05, 3.63) is 23.1 Å². The molecular weight excluding hydrogens is 309 g/mol. The zero-order valence-corrected chi connectivity index (χ0v) is 14.0. The second-order valence-corrected chi connectivity index (χ2v) is 6.22. The Morgan fingerprint density at radius 2 is 2.14 bits per heavy atom. The highest BCUT2D eigenvalue weighted by Gasteiger charge is 2.11. The highest BCUT2D eigenvalue weighted by molar-refractivity contribution is 6.31. The molecule has 4 nitrogen and oxygen atoms in total. The molecule has 2 aromatic rings. The van der Waals surface area contributed by atoms with Crippen LogP contribution in [0.2, 0.25) is 5.02 Å². The van der Waals surface area contributed by atoms with Crippen molar-refractivity contribution in [1.29, 1.82) is 0 Å². The minimum atomic E-state index is 0.533. The molecule has 0 aromatic carbocycles. The SMILES string of the molecule is CC(C)CCOCCn1c(CCCl)nc2cc(Cl)cnc21. The number of rotatable bonds is 8. The molecular formula is C15H21Cl2N3O. The average Bonchev–Trinajstić information content (AvgIpc) is 2.75. The van der Waals surface area contributed by atoms with E-state index in [1.165, 1.54) is 0 Å². The Kier molecular flexibility index (Phi) is 6.27. The van der Waals surface area contributed by atoms with Crippen molar-refractivity contribution in [2.24, 2.45) is 5.92 Å². The fourth-order valence-corrected chi connectivity index (χ4v) is 2.44. The van der Waals surface area contributed by atoms with Crippen molar-refractivity contribution in [1.82, 2.24) is 14.5 Å². The van der Waals surface area contributed by atoms with E-state index in [1.807, 2.05) is 6.07 Å². The number of aromatic nitrogens is 3. The Balaban J connectivity index is 2.07. The van der Waals surface area contributed by atoms with Gasteiger partial charge >= 0.3 is 0 Å². The first-order valence-electron chi connectivity index (χ1n) is 7.26. The fourth-order valence-electron chi connectivity index (χ4n) is 2.12. The van der Waals surface area contributed by atoms with Gasteiger partial charge in [0.25, 0.3) is 0 Å². The van der Waals surface area contributed by atoms with Crippen molar-refractivity contribution < 1.29 is 4.74 Å². The van der Waals surface area contributed by atoms with E-state index in [9.17, 15) is 0 Å². The number of nitrogens with zero attached hydrogens (tertiary/aromatic N) is 3. The van der Waals surface area contributed by atoms with Gasteiger partial charge in [0, 0.05) is 31.6 Å². The lowest BCUT2D eigenvalue weighted by Crippen LogP contribution is -2.11. The molecule has 21 heavy (non-hydrogen) atoms. The maximum absolute atomic E-state index is 5.97. The highest BCUT2D eigenvalue weighted by atomic mass is 35.5. The molecule has 0 aliphatic heterocycles. The smallest absolute Gasteiger partial charge is 0.160 e. The number of ether oxygens (including phenoxy) is 1. The first kappa shape index (κ1) is 16.5. The Morgan fingerprint density at radius 3 is 2.86 bits per heavy atom. The Bertz CT molecular complexity index is 584. The lowest BCUT2D eigenvalue weighted by atomic mass is 10.1. The molecule has 0 amide bonds. The summed E-state index contributed by atoms with van der Waals surface area (Å²) < 4.78 is 7.76. The van der Waals surface area contributed by atoms with Gasteiger partial charge in [0.1, 0.15) is 11.3 Å². The summed E-state index contributed by atoms with van der Waals surface area (Å²) in [5.74, 6) is 2.13. The van der Waals surface area contributed by atoms with Gasteiger partial charge in [-0.05, 0) is 18.4 Å². The number of imidazole rings is 1. The fraction of sp³-hybridized carbons (Fsp3) is 0.600. The molecule has 0 aliphatic rings. The summed E-state index contributed by atoms with van der Waals surface area (Å²) in [5, 5.41) is 0.595. The van der Waals surface area contributed by atoms with Gasteiger partial charge in [-0.1, -0.05) is 25.4 Å². The predicted octanol–water partition coefficient (Wildman–Crippen LogP) is 3.93. The Labute approximate surface area is 135 Å². The molecule has 2 aromatic heterocycles. The van der Waals surface area contributed by atoms with Gasteiger partial charge in [-0.25, -0.2) is 9.97 Å². The van der Waals surface area contributed by atoms with Crippen LogP contribution < -0.4 is 0 Å². The van der Waals surface area contributed by atoms with Crippen molar-refractivity contribution in [3.63, 3.8) is 0 Å². The van der Waals surface area contributed by atoms with Crippen molar-refractivity contribution in [3.8, 4) is 0 Å². The summed E-state index contributed by atoms with van der Waals surface area (Å²) >= 11 is 11.8. The third-order valence-corrected chi connectivity index (χ3v) is 3.64. The quantitative estimate of drug-likeness (QED) is 0.544. The van der Waals surface area contributed by atoms with Crippen LogP contribution in [0.25, 0.3) is 11.2 Å². The number of alkyl halides is 1. The number of halogens is 2. The minimum Gasteiger partial charge on any atom is -0.380 e. The third kappa shape index (κ3) is 4.56. The molecule has 0 aliphatic carbocycles. The number of hydrogen-bond acceptors (Lipinski definition) is 3. The van der Waals surface area contributed by atoms with Gasteiger partial charge in [-0.3, -0.25) is 0 Å². The van der Waals surface area contributed by atoms with Gasteiger partial charge in [0.2, 0.25) is 0 Å². The third-order valence-electron chi connectivity index (χ3n) is 3.25. The predicted molar refractivity (Wildman–Crippen MR) is 87.2 cm³/mol. The topological polar surface area (TPSA) is 39.9 Å². The van der Waals surface area contributed by atoms with E-state index in [2.05, 4.69) is 28.4 Å². The van der Waals surface area contributed by atoms with E-state index in [1.54, 1.807) is 6.20 Å². The van der Waals surface area contributed by atoms with Crippen LogP contribution in [-0.4, -0.2) is 33.6 Å². The summed E-state index contributed by atoms with van der Waals surface area (Å²) in [6.07, 6.45) is 3.43. The van der Waals surface area contributed by atoms with Gasteiger partial charge in [-0.15, -0.1) is 11.6 Å². The molecule has 2 heterocycles. The van der Waals surface area contributed by atoms with Crippen molar-refractivity contribution in [2.75, 3.05) is 19.1 Å². The summed E-state index contributed by atoms with van der Waals surface area (Å²) in [4.78, 5) is 8.95. The zero-order chi connectivity index (χ0) is 15.2. The largest absolute Gasteiger partial charge is 0.380 e. The van der Waals surface area contributed by atoms with E-state index >= 15 is 0 Å². The van der Waals surface area contributed by atoms with Crippen molar-refractivity contribution >= 4 is 34.4 Å². The average molecular weight is 330 g/mol. The molecule has 0 atom stereocenters. The summed E-state index contributed by atoms with van der Waals surface area (Å²) in [7, 11) is 0. The molecule has 0 fully saturated rings. The molecule has 116 valence electrons. The van der Waals surface area contributed by atoms with E-state index in [0.29, 0.717) is 29.8 Å². The maximum atomic E-state index is 5.97. The lowest BCUT2D eigenvalue weighted by molar-refractivity contribution is 0.116.